The van der Waals surface area contributed by atoms with E-state index in [0.29, 0.717) is 16.6 Å². The first kappa shape index (κ1) is 16.5. The number of aliphatic hydroxyl groups excluding tert-OH is 1. The van der Waals surface area contributed by atoms with Gasteiger partial charge in [-0.25, -0.2) is 0 Å². The summed E-state index contributed by atoms with van der Waals surface area (Å²) in [5, 5.41) is 10.2. The summed E-state index contributed by atoms with van der Waals surface area (Å²) >= 11 is 6.78. The van der Waals surface area contributed by atoms with E-state index in [2.05, 4.69) is 31.9 Å². The SMILES string of the molecule is CCCOC1(Br)C=CC(C(=O)c2ccccc2Br)C(O)=C1. The average molecular weight is 416 g/mol. The van der Waals surface area contributed by atoms with Gasteiger partial charge in [-0.2, -0.15) is 0 Å². The third-order valence-electron chi connectivity index (χ3n) is 3.13. The molecule has 0 heterocycles. The second kappa shape index (κ2) is 6.90. The predicted molar refractivity (Wildman–Crippen MR) is 89.7 cm³/mol. The van der Waals surface area contributed by atoms with Crippen LogP contribution in [0.4, 0.5) is 0 Å². The fourth-order valence-electron chi connectivity index (χ4n) is 2.06. The van der Waals surface area contributed by atoms with Gasteiger partial charge in [-0.05, 0) is 34.5 Å². The molecule has 0 fully saturated rings. The largest absolute Gasteiger partial charge is 0.511 e. The van der Waals surface area contributed by atoms with Gasteiger partial charge in [0.05, 0.1) is 5.92 Å². The topological polar surface area (TPSA) is 46.5 Å². The summed E-state index contributed by atoms with van der Waals surface area (Å²) in [5.41, 5.74) is 0.545. The molecule has 3 nitrogen and oxygen atoms in total. The predicted octanol–water partition coefficient (Wildman–Crippen LogP) is 4.78. The Morgan fingerprint density at radius 3 is 2.76 bits per heavy atom. The van der Waals surface area contributed by atoms with Crippen LogP contribution in [0.25, 0.3) is 0 Å². The third kappa shape index (κ3) is 3.84. The van der Waals surface area contributed by atoms with Crippen molar-refractivity contribution >= 4 is 37.6 Å². The number of benzene rings is 1. The highest BCUT2D eigenvalue weighted by Gasteiger charge is 2.32. The molecule has 0 aromatic heterocycles. The molecule has 2 atom stereocenters. The van der Waals surface area contributed by atoms with E-state index in [9.17, 15) is 9.90 Å². The van der Waals surface area contributed by atoms with Gasteiger partial charge in [0.25, 0.3) is 0 Å². The number of carbonyl (C=O) groups excluding carboxylic acids is 1. The number of ketones is 1. The van der Waals surface area contributed by atoms with Crippen LogP contribution in [0.15, 0.2) is 52.7 Å². The molecular formula is C16H16Br2O3. The minimum absolute atomic E-state index is 0.00812. The first-order valence-corrected chi connectivity index (χ1v) is 8.28. The van der Waals surface area contributed by atoms with Crippen molar-refractivity contribution in [3.8, 4) is 0 Å². The molecule has 1 aromatic rings. The van der Waals surface area contributed by atoms with Gasteiger partial charge in [0.1, 0.15) is 5.76 Å². The van der Waals surface area contributed by atoms with Crippen LogP contribution in [-0.4, -0.2) is 22.0 Å². The molecule has 5 heteroatoms. The Morgan fingerprint density at radius 1 is 1.43 bits per heavy atom. The zero-order chi connectivity index (χ0) is 15.5. The standard InChI is InChI=1S/C16H16Br2O3/c1-2-9-21-16(18)8-7-12(14(19)10-16)15(20)11-5-3-4-6-13(11)17/h3-8,10,12,19H,2,9H2,1H3. The lowest BCUT2D eigenvalue weighted by atomic mass is 9.91. The van der Waals surface area contributed by atoms with Gasteiger partial charge in [-0.15, -0.1) is 0 Å². The second-order valence-electron chi connectivity index (χ2n) is 4.80. The zero-order valence-corrected chi connectivity index (χ0v) is 14.7. The average Bonchev–Trinajstić information content (AvgIpc) is 2.45. The summed E-state index contributed by atoms with van der Waals surface area (Å²) in [6, 6.07) is 7.18. The van der Waals surface area contributed by atoms with Crippen LogP contribution in [0.2, 0.25) is 0 Å². The Kier molecular flexibility index (Phi) is 5.41. The maximum absolute atomic E-state index is 12.5. The Hall–Kier alpha value is -0.910. The Morgan fingerprint density at radius 2 is 2.14 bits per heavy atom. The molecule has 1 N–H and O–H groups in total. The van der Waals surface area contributed by atoms with Crippen molar-refractivity contribution in [2.24, 2.45) is 5.92 Å². The van der Waals surface area contributed by atoms with Crippen LogP contribution in [0.1, 0.15) is 23.7 Å². The second-order valence-corrected chi connectivity index (χ2v) is 6.89. The van der Waals surface area contributed by atoms with Crippen molar-refractivity contribution in [3.05, 3.63) is 58.3 Å². The van der Waals surface area contributed by atoms with Crippen molar-refractivity contribution in [1.82, 2.24) is 0 Å². The van der Waals surface area contributed by atoms with Gasteiger partial charge in [0.15, 0.2) is 10.3 Å². The van der Waals surface area contributed by atoms with E-state index >= 15 is 0 Å². The van der Waals surface area contributed by atoms with E-state index < -0.39 is 10.4 Å². The molecule has 2 rings (SSSR count). The molecule has 1 aliphatic rings. The van der Waals surface area contributed by atoms with E-state index in [-0.39, 0.29) is 11.5 Å². The Bertz CT molecular complexity index is 595. The maximum atomic E-state index is 12.5. The smallest absolute Gasteiger partial charge is 0.178 e. The molecule has 0 radical (unpaired) electrons. The quantitative estimate of drug-likeness (QED) is 0.427. The fourth-order valence-corrected chi connectivity index (χ4v) is 3.09. The molecule has 2 unspecified atom stereocenters. The highest BCUT2D eigenvalue weighted by molar-refractivity contribution is 9.10. The molecule has 0 aliphatic heterocycles. The van der Waals surface area contributed by atoms with Crippen LogP contribution < -0.4 is 0 Å². The molecule has 1 aliphatic carbocycles. The van der Waals surface area contributed by atoms with E-state index in [1.165, 1.54) is 6.08 Å². The van der Waals surface area contributed by atoms with Crippen LogP contribution in [0.5, 0.6) is 0 Å². The van der Waals surface area contributed by atoms with Crippen LogP contribution in [0, 0.1) is 5.92 Å². The minimum Gasteiger partial charge on any atom is -0.511 e. The van der Waals surface area contributed by atoms with E-state index in [1.807, 2.05) is 13.0 Å². The van der Waals surface area contributed by atoms with Crippen molar-refractivity contribution in [3.63, 3.8) is 0 Å². The molecule has 21 heavy (non-hydrogen) atoms. The van der Waals surface area contributed by atoms with Gasteiger partial charge >= 0.3 is 0 Å². The molecule has 0 bridgehead atoms. The van der Waals surface area contributed by atoms with Crippen molar-refractivity contribution in [1.29, 1.82) is 0 Å². The monoisotopic (exact) mass is 414 g/mol. The van der Waals surface area contributed by atoms with Gasteiger partial charge < -0.3 is 9.84 Å². The summed E-state index contributed by atoms with van der Waals surface area (Å²) in [4.78, 5) is 12.5. The van der Waals surface area contributed by atoms with Crippen molar-refractivity contribution in [2.45, 2.75) is 17.9 Å². The molecule has 0 saturated carbocycles. The van der Waals surface area contributed by atoms with Gasteiger partial charge in [0, 0.05) is 22.7 Å². The molecule has 0 amide bonds. The molecule has 0 spiro atoms. The number of ether oxygens (including phenoxy) is 1. The molecular weight excluding hydrogens is 400 g/mol. The highest BCUT2D eigenvalue weighted by atomic mass is 79.9. The van der Waals surface area contributed by atoms with E-state index in [4.69, 9.17) is 4.74 Å². The Labute approximate surface area is 141 Å². The number of hydrogen-bond acceptors (Lipinski definition) is 3. The van der Waals surface area contributed by atoms with Gasteiger partial charge in [-0.3, -0.25) is 4.79 Å². The first-order valence-electron chi connectivity index (χ1n) is 6.69. The highest BCUT2D eigenvalue weighted by Crippen LogP contribution is 2.34. The number of aliphatic hydroxyl groups is 1. The van der Waals surface area contributed by atoms with Crippen molar-refractivity contribution < 1.29 is 14.6 Å². The summed E-state index contributed by atoms with van der Waals surface area (Å²) in [6.45, 7) is 2.56. The van der Waals surface area contributed by atoms with Gasteiger partial charge in [0.2, 0.25) is 0 Å². The number of halogens is 2. The Balaban J connectivity index is 2.21. The maximum Gasteiger partial charge on any atom is 0.178 e. The van der Waals surface area contributed by atoms with E-state index in [0.717, 1.165) is 6.42 Å². The lowest BCUT2D eigenvalue weighted by Crippen LogP contribution is -2.28. The van der Waals surface area contributed by atoms with E-state index in [1.54, 1.807) is 30.4 Å². The number of hydrogen-bond donors (Lipinski definition) is 1. The van der Waals surface area contributed by atoms with Crippen LogP contribution in [-0.2, 0) is 4.74 Å². The fraction of sp³-hybridized carbons (Fsp3) is 0.312. The lowest BCUT2D eigenvalue weighted by Gasteiger charge is -2.26. The third-order valence-corrected chi connectivity index (χ3v) is 4.54. The van der Waals surface area contributed by atoms with Crippen LogP contribution in [0.3, 0.4) is 0 Å². The molecule has 112 valence electrons. The van der Waals surface area contributed by atoms with Crippen molar-refractivity contribution in [2.75, 3.05) is 6.61 Å². The zero-order valence-electron chi connectivity index (χ0n) is 11.6. The number of Topliss-reactive ketones (excluding diaryl/α,β-unsaturated/α-hetero) is 1. The first-order chi connectivity index (χ1) is 9.97. The number of rotatable bonds is 5. The number of carbonyl (C=O) groups is 1. The van der Waals surface area contributed by atoms with Crippen LogP contribution >= 0.6 is 31.9 Å². The number of allylic oxidation sites excluding steroid dienone is 1. The lowest BCUT2D eigenvalue weighted by molar-refractivity contribution is 0.0855. The summed E-state index contributed by atoms with van der Waals surface area (Å²) in [7, 11) is 0. The summed E-state index contributed by atoms with van der Waals surface area (Å²) < 4.78 is 5.50. The molecule has 0 saturated heterocycles. The minimum atomic E-state index is -0.836. The summed E-state index contributed by atoms with van der Waals surface area (Å²) in [5.74, 6) is -0.844. The van der Waals surface area contributed by atoms with Gasteiger partial charge in [-0.1, -0.05) is 47.1 Å². The number of alkyl halides is 1. The summed E-state index contributed by atoms with van der Waals surface area (Å²) in [6.07, 6.45) is 5.82. The normalized spacial score (nSPS) is 24.7. The molecule has 1 aromatic carbocycles.